The summed E-state index contributed by atoms with van der Waals surface area (Å²) in [7, 11) is 0. The Morgan fingerprint density at radius 1 is 1.48 bits per heavy atom. The first-order valence-corrected chi connectivity index (χ1v) is 9.31. The molecular weight excluding hydrogens is 324 g/mol. The van der Waals surface area contributed by atoms with E-state index in [4.69, 9.17) is 0 Å². The van der Waals surface area contributed by atoms with Gasteiger partial charge in [0.1, 0.15) is 10.8 Å². The third-order valence-electron chi connectivity index (χ3n) is 3.72. The molecular formula is C18H20N2OS2. The number of thiophene rings is 1. The van der Waals surface area contributed by atoms with Crippen molar-refractivity contribution in [2.45, 2.75) is 33.6 Å². The van der Waals surface area contributed by atoms with Gasteiger partial charge < -0.3 is 0 Å². The first kappa shape index (κ1) is 17.7. The normalized spacial score (nSPS) is 20.7. The fourth-order valence-corrected chi connectivity index (χ4v) is 4.63. The molecule has 1 unspecified atom stereocenters. The Balaban J connectivity index is 2.47. The van der Waals surface area contributed by atoms with Crippen molar-refractivity contribution in [3.63, 3.8) is 0 Å². The van der Waals surface area contributed by atoms with Gasteiger partial charge in [0.2, 0.25) is 0 Å². The highest BCUT2D eigenvalue weighted by molar-refractivity contribution is 8.03. The summed E-state index contributed by atoms with van der Waals surface area (Å²) in [5, 5.41) is 12.4. The zero-order valence-electron chi connectivity index (χ0n) is 13.8. The van der Waals surface area contributed by atoms with Crippen LogP contribution in [0.4, 0.5) is 0 Å². The Bertz CT molecular complexity index is 717. The maximum absolute atomic E-state index is 12.2. The SMILES string of the molecule is CC(=O)C1C(C)=NC(SCC=C(C)C)=C(C#N)[C@H]1c1cccs1. The van der Waals surface area contributed by atoms with Crippen LogP contribution in [0.15, 0.2) is 44.8 Å². The van der Waals surface area contributed by atoms with Gasteiger partial charge >= 0.3 is 0 Å². The summed E-state index contributed by atoms with van der Waals surface area (Å²) in [6, 6.07) is 6.28. The van der Waals surface area contributed by atoms with Crippen molar-refractivity contribution in [1.29, 1.82) is 5.26 Å². The maximum atomic E-state index is 12.2. The molecule has 1 aromatic rings. The van der Waals surface area contributed by atoms with Gasteiger partial charge in [-0.25, -0.2) is 4.99 Å². The highest BCUT2D eigenvalue weighted by Crippen LogP contribution is 2.43. The van der Waals surface area contributed by atoms with E-state index in [9.17, 15) is 10.1 Å². The van der Waals surface area contributed by atoms with Crippen molar-refractivity contribution in [2.75, 3.05) is 5.75 Å². The molecule has 3 nitrogen and oxygen atoms in total. The lowest BCUT2D eigenvalue weighted by atomic mass is 9.79. The van der Waals surface area contributed by atoms with E-state index >= 15 is 0 Å². The topological polar surface area (TPSA) is 53.2 Å². The van der Waals surface area contributed by atoms with E-state index in [0.29, 0.717) is 5.57 Å². The van der Waals surface area contributed by atoms with Crippen LogP contribution in [0.5, 0.6) is 0 Å². The number of aliphatic imine (C=N–C) groups is 1. The van der Waals surface area contributed by atoms with Crippen LogP contribution in [-0.2, 0) is 4.79 Å². The second-order valence-corrected chi connectivity index (χ2v) is 7.75. The molecule has 0 N–H and O–H groups in total. The summed E-state index contributed by atoms with van der Waals surface area (Å²) in [5.41, 5.74) is 2.66. The second-order valence-electron chi connectivity index (χ2n) is 5.76. The number of allylic oxidation sites excluding steroid dienone is 2. The summed E-state index contributed by atoms with van der Waals surface area (Å²) in [6.45, 7) is 7.58. The molecule has 0 aromatic carbocycles. The molecule has 5 heteroatoms. The van der Waals surface area contributed by atoms with Gasteiger partial charge in [0.25, 0.3) is 0 Å². The number of nitriles is 1. The standard InChI is InChI=1S/C18H20N2OS2/c1-11(2)7-9-23-18-14(10-19)17(15-6-5-8-22-15)16(13(4)21)12(3)20-18/h5-8,16-17H,9H2,1-4H3/t16?,17-/m0/s1. The molecule has 0 saturated carbocycles. The Hall–Kier alpha value is -1.64. The number of rotatable bonds is 5. The Kier molecular flexibility index (Phi) is 5.97. The second kappa shape index (κ2) is 7.76. The van der Waals surface area contributed by atoms with Crippen molar-refractivity contribution in [2.24, 2.45) is 10.9 Å². The first-order valence-electron chi connectivity index (χ1n) is 7.45. The fraction of sp³-hybridized carbons (Fsp3) is 0.389. The van der Waals surface area contributed by atoms with Crippen molar-refractivity contribution >= 4 is 34.6 Å². The van der Waals surface area contributed by atoms with E-state index in [1.807, 2.05) is 24.4 Å². The minimum atomic E-state index is -0.337. The molecule has 120 valence electrons. The molecule has 1 aliphatic rings. The Morgan fingerprint density at radius 3 is 2.74 bits per heavy atom. The Labute approximate surface area is 145 Å². The highest BCUT2D eigenvalue weighted by atomic mass is 32.2. The van der Waals surface area contributed by atoms with Crippen LogP contribution in [0.2, 0.25) is 0 Å². The number of hydrogen-bond acceptors (Lipinski definition) is 5. The van der Waals surface area contributed by atoms with Crippen LogP contribution in [0.25, 0.3) is 0 Å². The van der Waals surface area contributed by atoms with Gasteiger partial charge in [-0.2, -0.15) is 5.26 Å². The zero-order chi connectivity index (χ0) is 17.0. The predicted octanol–water partition coefficient (Wildman–Crippen LogP) is 4.95. The number of ketones is 1. The van der Waals surface area contributed by atoms with Crippen LogP contribution < -0.4 is 0 Å². The van der Waals surface area contributed by atoms with Crippen molar-refractivity contribution in [3.05, 3.63) is 44.6 Å². The first-order chi connectivity index (χ1) is 11.0. The van der Waals surface area contributed by atoms with Gasteiger partial charge in [0.05, 0.1) is 17.6 Å². The molecule has 1 aromatic heterocycles. The van der Waals surface area contributed by atoms with Crippen molar-refractivity contribution in [1.82, 2.24) is 0 Å². The van der Waals surface area contributed by atoms with E-state index in [1.165, 1.54) is 5.57 Å². The molecule has 0 aliphatic carbocycles. The summed E-state index contributed by atoms with van der Waals surface area (Å²) in [5.74, 6) is 0.299. The summed E-state index contributed by atoms with van der Waals surface area (Å²) in [6.07, 6.45) is 2.12. The average molecular weight is 345 g/mol. The molecule has 2 atom stereocenters. The number of Topliss-reactive ketones (excluding diaryl/α,β-unsaturated/α-hetero) is 1. The van der Waals surface area contributed by atoms with Crippen LogP contribution in [-0.4, -0.2) is 17.2 Å². The van der Waals surface area contributed by atoms with Crippen molar-refractivity contribution in [3.8, 4) is 6.07 Å². The summed E-state index contributed by atoms with van der Waals surface area (Å²) >= 11 is 3.15. The summed E-state index contributed by atoms with van der Waals surface area (Å²) < 4.78 is 0. The average Bonchev–Trinajstić information content (AvgIpc) is 2.99. The van der Waals surface area contributed by atoms with E-state index in [0.717, 1.165) is 21.4 Å². The van der Waals surface area contributed by atoms with Crippen molar-refractivity contribution < 1.29 is 4.79 Å². The molecule has 23 heavy (non-hydrogen) atoms. The third kappa shape index (κ3) is 4.01. The van der Waals surface area contributed by atoms with Crippen LogP contribution in [0.1, 0.15) is 38.5 Å². The molecule has 1 aliphatic heterocycles. The maximum Gasteiger partial charge on any atom is 0.139 e. The third-order valence-corrected chi connectivity index (χ3v) is 5.60. The van der Waals surface area contributed by atoms with E-state index < -0.39 is 0 Å². The van der Waals surface area contributed by atoms with E-state index in [2.05, 4.69) is 31.0 Å². The lowest BCUT2D eigenvalue weighted by Crippen LogP contribution is -2.30. The number of nitrogens with zero attached hydrogens (tertiary/aromatic N) is 2. The summed E-state index contributed by atoms with van der Waals surface area (Å²) in [4.78, 5) is 17.8. The monoisotopic (exact) mass is 344 g/mol. The molecule has 0 radical (unpaired) electrons. The highest BCUT2D eigenvalue weighted by Gasteiger charge is 2.38. The molecule has 0 spiro atoms. The predicted molar refractivity (Wildman–Crippen MR) is 98.9 cm³/mol. The van der Waals surface area contributed by atoms with Gasteiger partial charge in [0, 0.05) is 22.3 Å². The van der Waals surface area contributed by atoms with Gasteiger partial charge in [-0.05, 0) is 39.1 Å². The van der Waals surface area contributed by atoms with Crippen LogP contribution >= 0.6 is 23.1 Å². The molecule has 2 heterocycles. The van der Waals surface area contributed by atoms with E-state index in [-0.39, 0.29) is 17.6 Å². The quantitative estimate of drug-likeness (QED) is 0.710. The van der Waals surface area contributed by atoms with Gasteiger partial charge in [-0.3, -0.25) is 4.79 Å². The van der Waals surface area contributed by atoms with Crippen LogP contribution in [0, 0.1) is 17.2 Å². The van der Waals surface area contributed by atoms with Gasteiger partial charge in [0.15, 0.2) is 0 Å². The zero-order valence-corrected chi connectivity index (χ0v) is 15.4. The lowest BCUT2D eigenvalue weighted by Gasteiger charge is -2.29. The number of hydrogen-bond donors (Lipinski definition) is 0. The molecule has 0 fully saturated rings. The largest absolute Gasteiger partial charge is 0.299 e. The lowest BCUT2D eigenvalue weighted by molar-refractivity contribution is -0.119. The van der Waals surface area contributed by atoms with Gasteiger partial charge in [-0.1, -0.05) is 17.7 Å². The Morgan fingerprint density at radius 2 is 2.22 bits per heavy atom. The van der Waals surface area contributed by atoms with Gasteiger partial charge in [-0.15, -0.1) is 23.1 Å². The number of carbonyl (C=O) groups is 1. The minimum Gasteiger partial charge on any atom is -0.299 e. The van der Waals surface area contributed by atoms with Crippen LogP contribution in [0.3, 0.4) is 0 Å². The minimum absolute atomic E-state index is 0.0609. The molecule has 2 rings (SSSR count). The fourth-order valence-electron chi connectivity index (χ4n) is 2.65. The molecule has 0 bridgehead atoms. The van der Waals surface area contributed by atoms with E-state index in [1.54, 1.807) is 30.0 Å². The molecule has 0 amide bonds. The molecule has 0 saturated heterocycles. The number of carbonyl (C=O) groups excluding carboxylic acids is 1. The smallest absolute Gasteiger partial charge is 0.139 e. The number of thioether (sulfide) groups is 1.